The Bertz CT molecular complexity index is 486. The summed E-state index contributed by atoms with van der Waals surface area (Å²) in [5, 5.41) is 5.71. The molecule has 1 aliphatic heterocycles. The molecule has 0 saturated heterocycles. The summed E-state index contributed by atoms with van der Waals surface area (Å²) in [7, 11) is 1.49. The predicted octanol–water partition coefficient (Wildman–Crippen LogP) is 1.16. The molecular formula is C11H10N2O3Y-2. The van der Waals surface area contributed by atoms with E-state index >= 15 is 0 Å². The average molecular weight is 307 g/mol. The number of carbonyl (C=O) groups is 3. The van der Waals surface area contributed by atoms with Crippen LogP contribution in [0.4, 0.5) is 0 Å². The molecule has 2 rings (SSSR count). The fourth-order valence-electron chi connectivity index (χ4n) is 1.41. The van der Waals surface area contributed by atoms with Crippen LogP contribution in [0.3, 0.4) is 0 Å². The number of fused-ring (bicyclic) bond motifs is 1. The number of benzene rings is 1. The third-order valence-corrected chi connectivity index (χ3v) is 2.17. The Balaban J connectivity index is 0.00000128. The van der Waals surface area contributed by atoms with Crippen molar-refractivity contribution >= 4 is 17.7 Å². The molecule has 0 aromatic heterocycles. The molecule has 0 unspecified atom stereocenters. The number of nitrogens with zero attached hydrogens (tertiary/aromatic N) is 1. The van der Waals surface area contributed by atoms with E-state index in [2.05, 4.69) is 10.6 Å². The molecular weight excluding hydrogens is 297 g/mol. The van der Waals surface area contributed by atoms with E-state index in [4.69, 9.17) is 0 Å². The zero-order valence-corrected chi connectivity index (χ0v) is 12.3. The summed E-state index contributed by atoms with van der Waals surface area (Å²) in [6, 6.07) is 4.31. The van der Waals surface area contributed by atoms with Gasteiger partial charge in [-0.1, -0.05) is 6.07 Å². The van der Waals surface area contributed by atoms with Gasteiger partial charge < -0.3 is 27.6 Å². The van der Waals surface area contributed by atoms with Gasteiger partial charge in [0.05, 0.1) is 11.8 Å². The van der Waals surface area contributed by atoms with Gasteiger partial charge in [-0.15, -0.1) is 0 Å². The minimum absolute atomic E-state index is 0. The Morgan fingerprint density at radius 3 is 2.35 bits per heavy atom. The van der Waals surface area contributed by atoms with Crippen LogP contribution in [0.5, 0.6) is 0 Å². The zero-order chi connectivity index (χ0) is 11.0. The van der Waals surface area contributed by atoms with Crippen LogP contribution in [-0.2, 0) is 32.7 Å². The first-order chi connectivity index (χ1) is 7.13. The van der Waals surface area contributed by atoms with Crippen LogP contribution in [0.25, 0.3) is 5.32 Å². The zero-order valence-electron chi connectivity index (χ0n) is 9.48. The maximum absolute atomic E-state index is 11.3. The number of nitrogens with one attached hydrogen (secondary N) is 1. The summed E-state index contributed by atoms with van der Waals surface area (Å²) < 4.78 is 0. The van der Waals surface area contributed by atoms with Crippen molar-refractivity contribution in [3.63, 3.8) is 0 Å². The molecule has 1 radical (unpaired) electrons. The third-order valence-electron chi connectivity index (χ3n) is 2.17. The van der Waals surface area contributed by atoms with Crippen LogP contribution in [-0.4, -0.2) is 24.8 Å². The van der Waals surface area contributed by atoms with Gasteiger partial charge in [0.15, 0.2) is 0 Å². The molecule has 6 heteroatoms. The number of imide groups is 1. The minimum Gasteiger partial charge on any atom is -0.587 e. The van der Waals surface area contributed by atoms with E-state index in [1.165, 1.54) is 25.2 Å². The second-order valence-corrected chi connectivity index (χ2v) is 3.06. The van der Waals surface area contributed by atoms with Crippen molar-refractivity contribution in [1.29, 1.82) is 0 Å². The van der Waals surface area contributed by atoms with E-state index < -0.39 is 11.8 Å². The Kier molecular flexibility index (Phi) is 5.65. The summed E-state index contributed by atoms with van der Waals surface area (Å²) in [4.78, 5) is 33.6. The van der Waals surface area contributed by atoms with E-state index in [1.807, 2.05) is 0 Å². The summed E-state index contributed by atoms with van der Waals surface area (Å²) in [5.41, 5.74) is 0.795. The molecule has 0 spiro atoms. The molecule has 3 amide bonds. The van der Waals surface area contributed by atoms with E-state index in [9.17, 15) is 14.4 Å². The topological polar surface area (TPSA) is 77.3 Å². The summed E-state index contributed by atoms with van der Waals surface area (Å²) in [6.45, 7) is 0. The van der Waals surface area contributed by atoms with E-state index in [1.54, 1.807) is 0 Å². The standard InChI is InChI=1S/C10H8N2O3.CH3.Y/c1-11-8(13)5-2-3-6-7(4-5)10(15)12-9(6)14;;/h2-4H,1H3,(H2,11,12,13,14,15);1H3;/q;-1;/p-1. The molecule has 0 aliphatic carbocycles. The number of rotatable bonds is 1. The van der Waals surface area contributed by atoms with Crippen molar-refractivity contribution in [2.45, 2.75) is 0 Å². The van der Waals surface area contributed by atoms with Gasteiger partial charge in [-0.25, -0.2) is 0 Å². The Morgan fingerprint density at radius 2 is 1.76 bits per heavy atom. The maximum atomic E-state index is 11.3. The molecule has 0 atom stereocenters. The number of hydrogen-bond acceptors (Lipinski definition) is 3. The fraction of sp³-hybridized carbons (Fsp3) is 0.0909. The first-order valence-corrected chi connectivity index (χ1v) is 4.30. The molecule has 1 N–H and O–H groups in total. The molecule has 17 heavy (non-hydrogen) atoms. The van der Waals surface area contributed by atoms with Gasteiger partial charge >= 0.3 is 0 Å². The SMILES string of the molecule is CNC(=O)c1ccc2c(c1)C(=O)[N-]C2=O.[CH3-].[Y]. The number of amides is 3. The van der Waals surface area contributed by atoms with Crippen LogP contribution < -0.4 is 5.32 Å². The minimum atomic E-state index is -0.583. The third kappa shape index (κ3) is 2.79. The first kappa shape index (κ1) is 15.9. The molecule has 0 fully saturated rings. The van der Waals surface area contributed by atoms with Crippen LogP contribution in [0.2, 0.25) is 0 Å². The Morgan fingerprint density at radius 1 is 1.18 bits per heavy atom. The van der Waals surface area contributed by atoms with Crippen molar-refractivity contribution in [3.8, 4) is 0 Å². The fourth-order valence-corrected chi connectivity index (χ4v) is 1.41. The molecule has 87 valence electrons. The maximum Gasteiger partial charge on any atom is 0.251 e. The van der Waals surface area contributed by atoms with Gasteiger partial charge in [-0.2, -0.15) is 0 Å². The van der Waals surface area contributed by atoms with Gasteiger partial charge in [0.2, 0.25) is 0 Å². The Labute approximate surface area is 124 Å². The van der Waals surface area contributed by atoms with Gasteiger partial charge in [-0.05, 0) is 12.1 Å². The van der Waals surface area contributed by atoms with Gasteiger partial charge in [0.25, 0.3) is 5.91 Å². The van der Waals surface area contributed by atoms with Gasteiger partial charge in [0.1, 0.15) is 0 Å². The van der Waals surface area contributed by atoms with E-state index in [-0.39, 0.29) is 57.2 Å². The van der Waals surface area contributed by atoms with E-state index in [0.29, 0.717) is 5.56 Å². The molecule has 1 aliphatic rings. The summed E-state index contributed by atoms with van der Waals surface area (Å²) >= 11 is 0. The van der Waals surface area contributed by atoms with Crippen molar-refractivity contribution in [2.24, 2.45) is 0 Å². The molecule has 1 aromatic rings. The first-order valence-electron chi connectivity index (χ1n) is 4.30. The molecule has 1 aromatic carbocycles. The number of hydrogen-bond donors (Lipinski definition) is 1. The smallest absolute Gasteiger partial charge is 0.251 e. The Hall–Kier alpha value is -1.07. The molecule has 0 saturated carbocycles. The van der Waals surface area contributed by atoms with Crippen molar-refractivity contribution < 1.29 is 47.1 Å². The van der Waals surface area contributed by atoms with Crippen LogP contribution in [0.1, 0.15) is 31.1 Å². The number of carbonyl (C=O) groups excluding carboxylic acids is 3. The second kappa shape index (κ2) is 6.03. The van der Waals surface area contributed by atoms with Crippen molar-refractivity contribution in [1.82, 2.24) is 5.32 Å². The molecule has 1 heterocycles. The van der Waals surface area contributed by atoms with Crippen molar-refractivity contribution in [2.75, 3.05) is 7.05 Å². The average Bonchev–Trinajstić information content (AvgIpc) is 2.53. The van der Waals surface area contributed by atoms with Crippen LogP contribution in [0, 0.1) is 7.43 Å². The largest absolute Gasteiger partial charge is 0.587 e. The monoisotopic (exact) mass is 307 g/mol. The summed E-state index contributed by atoms with van der Waals surface area (Å²) in [5.74, 6) is -1.43. The van der Waals surface area contributed by atoms with E-state index in [0.717, 1.165) is 0 Å². The van der Waals surface area contributed by atoms with Gasteiger partial charge in [-0.3, -0.25) is 4.79 Å². The molecule has 0 bridgehead atoms. The van der Waals surface area contributed by atoms with Gasteiger partial charge in [0, 0.05) is 56.4 Å². The summed E-state index contributed by atoms with van der Waals surface area (Å²) in [6.07, 6.45) is 0. The molecule has 5 nitrogen and oxygen atoms in total. The quantitative estimate of drug-likeness (QED) is 0.625. The predicted molar refractivity (Wildman–Crippen MR) is 58.3 cm³/mol. The van der Waals surface area contributed by atoms with Crippen molar-refractivity contribution in [3.05, 3.63) is 47.6 Å². The van der Waals surface area contributed by atoms with Crippen LogP contribution >= 0.6 is 0 Å². The normalized spacial score (nSPS) is 11.8. The second-order valence-electron chi connectivity index (χ2n) is 3.06. The van der Waals surface area contributed by atoms with Crippen LogP contribution in [0.15, 0.2) is 18.2 Å².